The molecule has 8 heterocycles. The standard InChI is InChI=1S/C29H29FN8O/c1-39-28-5-2-19(11-33-28)14-37-24-8-25(37)17-36(16-24)27-4-3-20(12-32-27)26-9-23(35-7-6-22(30)15-35)18-38-29(26)21(10-31)13-34-38/h2-5,9,11-13,18,22,24-25H,6-8,14-17H2,1H3/t22-,24?,25?/m1/s1. The Morgan fingerprint density at radius 3 is 2.59 bits per heavy atom. The lowest BCUT2D eigenvalue weighted by atomic mass is 9.87. The van der Waals surface area contributed by atoms with Crippen LogP contribution in [0.3, 0.4) is 0 Å². The van der Waals surface area contributed by atoms with E-state index < -0.39 is 6.17 Å². The van der Waals surface area contributed by atoms with Gasteiger partial charge in [-0.15, -0.1) is 0 Å². The van der Waals surface area contributed by atoms with Crippen molar-refractivity contribution in [2.45, 2.75) is 37.6 Å². The molecule has 2 bridgehead atoms. The number of piperidine rings is 1. The fraction of sp³-hybridized carbons (Fsp3) is 0.379. The molecule has 0 N–H and O–H groups in total. The van der Waals surface area contributed by atoms with Crippen LogP contribution in [0.1, 0.15) is 24.0 Å². The lowest BCUT2D eigenvalue weighted by Crippen LogP contribution is -2.68. The molecule has 4 saturated heterocycles. The summed E-state index contributed by atoms with van der Waals surface area (Å²) in [5.41, 5.74) is 5.14. The highest BCUT2D eigenvalue weighted by Crippen LogP contribution is 2.37. The number of piperazine rings is 1. The van der Waals surface area contributed by atoms with E-state index in [1.54, 1.807) is 17.8 Å². The van der Waals surface area contributed by atoms with Gasteiger partial charge in [0, 0.05) is 74.4 Å². The molecular formula is C29H29FN8O. The second-order valence-electron chi connectivity index (χ2n) is 10.6. The van der Waals surface area contributed by atoms with Crippen molar-refractivity contribution < 1.29 is 9.13 Å². The first kappa shape index (κ1) is 23.9. The molecule has 4 aliphatic rings. The number of halogens is 1. The lowest BCUT2D eigenvalue weighted by molar-refractivity contribution is -0.00876. The molecule has 0 saturated carbocycles. The maximum absolute atomic E-state index is 13.9. The van der Waals surface area contributed by atoms with Crippen LogP contribution < -0.4 is 14.5 Å². The zero-order chi connectivity index (χ0) is 26.5. The minimum Gasteiger partial charge on any atom is -0.481 e. The number of pyridine rings is 3. The van der Waals surface area contributed by atoms with Crippen molar-refractivity contribution in [3.05, 3.63) is 66.2 Å². The van der Waals surface area contributed by atoms with Crippen LogP contribution in [-0.2, 0) is 6.54 Å². The first-order valence-electron chi connectivity index (χ1n) is 13.4. The van der Waals surface area contributed by atoms with Crippen molar-refractivity contribution in [3.8, 4) is 23.1 Å². The highest BCUT2D eigenvalue weighted by Gasteiger charge is 2.44. The Bertz CT molecular complexity index is 1530. The zero-order valence-electron chi connectivity index (χ0n) is 21.7. The Balaban J connectivity index is 1.10. The third-order valence-electron chi connectivity index (χ3n) is 8.31. The van der Waals surface area contributed by atoms with Gasteiger partial charge in [-0.25, -0.2) is 18.9 Å². The monoisotopic (exact) mass is 524 g/mol. The maximum atomic E-state index is 13.9. The molecule has 3 atom stereocenters. The molecule has 0 amide bonds. The summed E-state index contributed by atoms with van der Waals surface area (Å²) in [6.45, 7) is 3.81. The molecule has 4 aromatic heterocycles. The van der Waals surface area contributed by atoms with Crippen molar-refractivity contribution in [2.75, 3.05) is 43.1 Å². The number of methoxy groups -OCH3 is 1. The lowest BCUT2D eigenvalue weighted by Gasteiger charge is -2.56. The van der Waals surface area contributed by atoms with Crippen LogP contribution in [0.5, 0.6) is 5.88 Å². The maximum Gasteiger partial charge on any atom is 0.212 e. The quantitative estimate of drug-likeness (QED) is 0.378. The third-order valence-corrected chi connectivity index (χ3v) is 8.31. The number of hydrogen-bond donors (Lipinski definition) is 0. The summed E-state index contributed by atoms with van der Waals surface area (Å²) in [4.78, 5) is 16.1. The largest absolute Gasteiger partial charge is 0.481 e. The number of aromatic nitrogens is 4. The van der Waals surface area contributed by atoms with E-state index in [0.29, 0.717) is 43.0 Å². The molecule has 0 spiro atoms. The zero-order valence-corrected chi connectivity index (χ0v) is 21.7. The van der Waals surface area contributed by atoms with Crippen LogP contribution in [0, 0.1) is 11.3 Å². The molecule has 0 aliphatic carbocycles. The van der Waals surface area contributed by atoms with Crippen LogP contribution in [-0.4, -0.2) is 76.0 Å². The molecule has 4 fully saturated rings. The van der Waals surface area contributed by atoms with E-state index in [9.17, 15) is 9.65 Å². The number of hydrogen-bond acceptors (Lipinski definition) is 8. The molecule has 4 aliphatic heterocycles. The van der Waals surface area contributed by atoms with Crippen molar-refractivity contribution in [1.29, 1.82) is 5.26 Å². The minimum absolute atomic E-state index is 0.373. The average Bonchev–Trinajstić information content (AvgIpc) is 3.62. The van der Waals surface area contributed by atoms with E-state index in [1.165, 1.54) is 12.0 Å². The topological polar surface area (TPSA) is 85.8 Å². The first-order valence-corrected chi connectivity index (χ1v) is 13.4. The van der Waals surface area contributed by atoms with Gasteiger partial charge in [-0.3, -0.25) is 4.90 Å². The van der Waals surface area contributed by atoms with Crippen LogP contribution in [0.4, 0.5) is 15.9 Å². The molecular weight excluding hydrogens is 495 g/mol. The second-order valence-corrected chi connectivity index (χ2v) is 10.6. The van der Waals surface area contributed by atoms with Crippen LogP contribution in [0.15, 0.2) is 55.1 Å². The fourth-order valence-corrected chi connectivity index (χ4v) is 6.24. The van der Waals surface area contributed by atoms with Crippen LogP contribution >= 0.6 is 0 Å². The number of fused-ring (bicyclic) bond motifs is 3. The van der Waals surface area contributed by atoms with Gasteiger partial charge >= 0.3 is 0 Å². The minimum atomic E-state index is -0.822. The van der Waals surface area contributed by atoms with Crippen LogP contribution in [0.2, 0.25) is 0 Å². The molecule has 4 aromatic rings. The summed E-state index contributed by atoms with van der Waals surface area (Å²) in [7, 11) is 1.63. The smallest absolute Gasteiger partial charge is 0.212 e. The summed E-state index contributed by atoms with van der Waals surface area (Å²) in [6.07, 6.45) is 8.15. The Morgan fingerprint density at radius 2 is 1.92 bits per heavy atom. The van der Waals surface area contributed by atoms with Crippen molar-refractivity contribution in [1.82, 2.24) is 24.5 Å². The normalized spacial score (nSPS) is 22.6. The average molecular weight is 525 g/mol. The van der Waals surface area contributed by atoms with Gasteiger partial charge in [-0.1, -0.05) is 6.07 Å². The second kappa shape index (κ2) is 9.50. The van der Waals surface area contributed by atoms with Gasteiger partial charge in [0.15, 0.2) is 0 Å². The molecule has 9 nitrogen and oxygen atoms in total. The number of ether oxygens (including phenoxy) is 1. The Labute approximate surface area is 226 Å². The third kappa shape index (κ3) is 4.23. The highest BCUT2D eigenvalue weighted by atomic mass is 19.1. The number of rotatable bonds is 6. The van der Waals surface area contributed by atoms with E-state index in [1.807, 2.05) is 35.6 Å². The van der Waals surface area contributed by atoms with Gasteiger partial charge in [-0.2, -0.15) is 10.4 Å². The fourth-order valence-electron chi connectivity index (χ4n) is 6.24. The highest BCUT2D eigenvalue weighted by molar-refractivity contribution is 5.86. The molecule has 198 valence electrons. The van der Waals surface area contributed by atoms with Crippen molar-refractivity contribution in [3.63, 3.8) is 0 Å². The van der Waals surface area contributed by atoms with Crippen molar-refractivity contribution in [2.24, 2.45) is 0 Å². The van der Waals surface area contributed by atoms with Gasteiger partial charge in [0.25, 0.3) is 0 Å². The number of nitrogens with zero attached hydrogens (tertiary/aromatic N) is 8. The molecule has 0 radical (unpaired) electrons. The summed E-state index contributed by atoms with van der Waals surface area (Å²) < 4.78 is 20.8. The number of nitriles is 1. The summed E-state index contributed by atoms with van der Waals surface area (Å²) >= 11 is 0. The van der Waals surface area contributed by atoms with E-state index in [2.05, 4.69) is 44.2 Å². The molecule has 2 unspecified atom stereocenters. The molecule has 10 heteroatoms. The van der Waals surface area contributed by atoms with Gasteiger partial charge in [0.05, 0.1) is 36.3 Å². The van der Waals surface area contributed by atoms with E-state index in [0.717, 1.165) is 47.8 Å². The van der Waals surface area contributed by atoms with Gasteiger partial charge < -0.3 is 14.5 Å². The van der Waals surface area contributed by atoms with Gasteiger partial charge in [-0.05, 0) is 36.6 Å². The predicted octanol–water partition coefficient (Wildman–Crippen LogP) is 3.68. The Hall–Kier alpha value is -4.23. The summed E-state index contributed by atoms with van der Waals surface area (Å²) in [6, 6.07) is 13.4. The van der Waals surface area contributed by atoms with Crippen LogP contribution in [0.25, 0.3) is 16.6 Å². The SMILES string of the molecule is COc1ccc(CN2C3CC2CN(c2ccc(-c4cc(N5CC[C@@H](F)C5)cn5ncc(C#N)c45)cn2)C3)cn1. The number of anilines is 2. The Morgan fingerprint density at radius 1 is 1.05 bits per heavy atom. The summed E-state index contributed by atoms with van der Waals surface area (Å²) in [5.74, 6) is 1.59. The molecule has 39 heavy (non-hydrogen) atoms. The molecule has 0 aromatic carbocycles. The number of alkyl halides is 1. The van der Waals surface area contributed by atoms with Crippen molar-refractivity contribution >= 4 is 17.0 Å². The predicted molar refractivity (Wildman–Crippen MR) is 146 cm³/mol. The van der Waals surface area contributed by atoms with Gasteiger partial charge in [0.2, 0.25) is 5.88 Å². The first-order chi connectivity index (χ1) is 19.1. The van der Waals surface area contributed by atoms with Gasteiger partial charge in [0.1, 0.15) is 18.1 Å². The van der Waals surface area contributed by atoms with E-state index in [4.69, 9.17) is 9.72 Å². The Kier molecular flexibility index (Phi) is 5.81. The van der Waals surface area contributed by atoms with E-state index in [-0.39, 0.29) is 0 Å². The summed E-state index contributed by atoms with van der Waals surface area (Å²) in [5, 5.41) is 14.1. The van der Waals surface area contributed by atoms with E-state index >= 15 is 0 Å². The molecule has 8 rings (SSSR count).